The fourth-order valence-corrected chi connectivity index (χ4v) is 2.27. The van der Waals surface area contributed by atoms with Crippen molar-refractivity contribution in [2.24, 2.45) is 0 Å². The van der Waals surface area contributed by atoms with E-state index in [9.17, 15) is 4.79 Å². The Bertz CT molecular complexity index is 824. The summed E-state index contributed by atoms with van der Waals surface area (Å²) in [6.45, 7) is 5.24. The number of fused-ring (bicyclic) bond motifs is 1. The molecule has 0 fully saturated rings. The summed E-state index contributed by atoms with van der Waals surface area (Å²) >= 11 is 0. The minimum atomic E-state index is -0.109. The number of carbonyl (C=O) groups is 1. The molecule has 0 aliphatic heterocycles. The van der Waals surface area contributed by atoms with Gasteiger partial charge in [-0.2, -0.15) is 0 Å². The highest BCUT2D eigenvalue weighted by Gasteiger charge is 2.07. The number of hydrogen-bond donors (Lipinski definition) is 1. The number of nitrogens with one attached hydrogen (secondary N) is 1. The molecule has 0 aliphatic rings. The van der Waals surface area contributed by atoms with Crippen LogP contribution in [-0.4, -0.2) is 32.0 Å². The molecule has 0 bridgehead atoms. The fraction of sp³-hybridized carbons (Fsp3) is 0.250. The zero-order chi connectivity index (χ0) is 15.5. The predicted molar refractivity (Wildman–Crippen MR) is 83.6 cm³/mol. The van der Waals surface area contributed by atoms with Gasteiger partial charge < -0.3 is 9.88 Å². The average molecular weight is 295 g/mol. The van der Waals surface area contributed by atoms with Crippen molar-refractivity contribution >= 4 is 16.9 Å². The van der Waals surface area contributed by atoms with Crippen molar-refractivity contribution in [1.29, 1.82) is 0 Å². The molecule has 112 valence electrons. The molecule has 6 heteroatoms. The topological polar surface area (TPSA) is 72.7 Å². The van der Waals surface area contributed by atoms with Gasteiger partial charge in [-0.25, -0.2) is 4.98 Å². The summed E-state index contributed by atoms with van der Waals surface area (Å²) in [4.78, 5) is 24.8. The summed E-state index contributed by atoms with van der Waals surface area (Å²) in [5, 5.41) is 2.91. The Kier molecular flexibility index (Phi) is 3.82. The second-order valence-electron chi connectivity index (χ2n) is 5.12. The van der Waals surface area contributed by atoms with E-state index < -0.39 is 0 Å². The Balaban J connectivity index is 1.64. The maximum absolute atomic E-state index is 12.2. The van der Waals surface area contributed by atoms with Gasteiger partial charge in [-0.05, 0) is 32.0 Å². The number of benzene rings is 1. The second-order valence-corrected chi connectivity index (χ2v) is 5.12. The third-order valence-electron chi connectivity index (χ3n) is 3.71. The molecule has 3 aromatic rings. The Morgan fingerprint density at radius 2 is 1.91 bits per heavy atom. The molecule has 0 spiro atoms. The number of amides is 1. The SMILES string of the molecule is Cc1ncn(CCNC(=O)c2ccc3nccnc3c2)c1C. The first-order valence-corrected chi connectivity index (χ1v) is 7.12. The first kappa shape index (κ1) is 14.2. The van der Waals surface area contributed by atoms with Gasteiger partial charge in [-0.1, -0.05) is 0 Å². The van der Waals surface area contributed by atoms with E-state index in [1.54, 1.807) is 36.9 Å². The molecule has 0 saturated carbocycles. The maximum atomic E-state index is 12.2. The molecule has 1 aromatic carbocycles. The van der Waals surface area contributed by atoms with Crippen LogP contribution in [0.2, 0.25) is 0 Å². The van der Waals surface area contributed by atoms with Gasteiger partial charge in [0, 0.05) is 36.7 Å². The molecule has 0 unspecified atom stereocenters. The minimum absolute atomic E-state index is 0.109. The molecule has 1 N–H and O–H groups in total. The molecule has 0 radical (unpaired) electrons. The van der Waals surface area contributed by atoms with Gasteiger partial charge in [-0.3, -0.25) is 14.8 Å². The van der Waals surface area contributed by atoms with Crippen LogP contribution < -0.4 is 5.32 Å². The molecule has 0 aliphatic carbocycles. The number of aryl methyl sites for hydroxylation is 1. The summed E-state index contributed by atoms with van der Waals surface area (Å²) < 4.78 is 2.03. The largest absolute Gasteiger partial charge is 0.350 e. The van der Waals surface area contributed by atoms with E-state index in [0.29, 0.717) is 18.7 Å². The number of imidazole rings is 1. The molecule has 0 atom stereocenters. The van der Waals surface area contributed by atoms with E-state index in [2.05, 4.69) is 20.3 Å². The Morgan fingerprint density at radius 1 is 1.14 bits per heavy atom. The first-order valence-electron chi connectivity index (χ1n) is 7.12. The van der Waals surface area contributed by atoms with Gasteiger partial charge in [-0.15, -0.1) is 0 Å². The second kappa shape index (κ2) is 5.93. The standard InChI is InChI=1S/C16H17N5O/c1-11-12(2)21(10-20-11)8-7-19-16(22)13-3-4-14-15(9-13)18-6-5-17-14/h3-6,9-10H,7-8H2,1-2H3,(H,19,22). The number of hydrogen-bond acceptors (Lipinski definition) is 4. The number of rotatable bonds is 4. The smallest absolute Gasteiger partial charge is 0.251 e. The van der Waals surface area contributed by atoms with Crippen molar-refractivity contribution < 1.29 is 4.79 Å². The zero-order valence-corrected chi connectivity index (χ0v) is 12.6. The zero-order valence-electron chi connectivity index (χ0n) is 12.6. The summed E-state index contributed by atoms with van der Waals surface area (Å²) in [7, 11) is 0. The highest BCUT2D eigenvalue weighted by Crippen LogP contribution is 2.10. The highest BCUT2D eigenvalue weighted by molar-refractivity contribution is 5.97. The average Bonchev–Trinajstić information content (AvgIpc) is 2.86. The summed E-state index contributed by atoms with van der Waals surface area (Å²) in [5.41, 5.74) is 4.22. The van der Waals surface area contributed by atoms with Crippen LogP contribution in [0.4, 0.5) is 0 Å². The lowest BCUT2D eigenvalue weighted by atomic mass is 10.2. The van der Waals surface area contributed by atoms with E-state index in [1.165, 1.54) is 0 Å². The van der Waals surface area contributed by atoms with E-state index >= 15 is 0 Å². The van der Waals surface area contributed by atoms with Crippen molar-refractivity contribution in [3.05, 3.63) is 53.9 Å². The quantitative estimate of drug-likeness (QED) is 0.797. The van der Waals surface area contributed by atoms with Crippen molar-refractivity contribution in [2.45, 2.75) is 20.4 Å². The Labute approximate surface area is 128 Å². The lowest BCUT2D eigenvalue weighted by Crippen LogP contribution is -2.27. The van der Waals surface area contributed by atoms with Gasteiger partial charge in [0.05, 0.1) is 23.1 Å². The van der Waals surface area contributed by atoms with E-state index in [0.717, 1.165) is 22.4 Å². The lowest BCUT2D eigenvalue weighted by Gasteiger charge is -2.08. The van der Waals surface area contributed by atoms with E-state index in [-0.39, 0.29) is 5.91 Å². The highest BCUT2D eigenvalue weighted by atomic mass is 16.1. The van der Waals surface area contributed by atoms with E-state index in [1.807, 2.05) is 18.4 Å². The normalized spacial score (nSPS) is 10.8. The number of aromatic nitrogens is 4. The van der Waals surface area contributed by atoms with Crippen molar-refractivity contribution in [3.8, 4) is 0 Å². The predicted octanol–water partition coefficient (Wildman–Crippen LogP) is 1.87. The van der Waals surface area contributed by atoms with Crippen LogP contribution in [0.15, 0.2) is 36.9 Å². The first-order chi connectivity index (χ1) is 10.6. The molecule has 2 aromatic heterocycles. The summed E-state index contributed by atoms with van der Waals surface area (Å²) in [6.07, 6.45) is 5.05. The van der Waals surface area contributed by atoms with Crippen LogP contribution in [0.25, 0.3) is 11.0 Å². The van der Waals surface area contributed by atoms with Gasteiger partial charge in [0.15, 0.2) is 0 Å². The molecular formula is C16H17N5O. The lowest BCUT2D eigenvalue weighted by molar-refractivity contribution is 0.0952. The third kappa shape index (κ3) is 2.81. The van der Waals surface area contributed by atoms with Gasteiger partial charge in [0.1, 0.15) is 0 Å². The molecule has 2 heterocycles. The maximum Gasteiger partial charge on any atom is 0.251 e. The number of nitrogens with zero attached hydrogens (tertiary/aromatic N) is 4. The summed E-state index contributed by atoms with van der Waals surface area (Å²) in [5.74, 6) is -0.109. The van der Waals surface area contributed by atoms with E-state index in [4.69, 9.17) is 0 Å². The molecule has 22 heavy (non-hydrogen) atoms. The molecular weight excluding hydrogens is 278 g/mol. The van der Waals surface area contributed by atoms with Crippen LogP contribution in [-0.2, 0) is 6.54 Å². The van der Waals surface area contributed by atoms with Crippen molar-refractivity contribution in [3.63, 3.8) is 0 Å². The third-order valence-corrected chi connectivity index (χ3v) is 3.71. The molecule has 0 saturated heterocycles. The molecule has 3 rings (SSSR count). The molecule has 1 amide bonds. The monoisotopic (exact) mass is 295 g/mol. The fourth-order valence-electron chi connectivity index (χ4n) is 2.27. The Morgan fingerprint density at radius 3 is 2.64 bits per heavy atom. The molecule has 6 nitrogen and oxygen atoms in total. The van der Waals surface area contributed by atoms with Crippen LogP contribution >= 0.6 is 0 Å². The van der Waals surface area contributed by atoms with Crippen LogP contribution in [0.1, 0.15) is 21.7 Å². The van der Waals surface area contributed by atoms with Gasteiger partial charge in [0.25, 0.3) is 5.91 Å². The van der Waals surface area contributed by atoms with Crippen molar-refractivity contribution in [1.82, 2.24) is 24.8 Å². The Hall–Kier alpha value is -2.76. The van der Waals surface area contributed by atoms with Crippen molar-refractivity contribution in [2.75, 3.05) is 6.54 Å². The van der Waals surface area contributed by atoms with Crippen LogP contribution in [0.3, 0.4) is 0 Å². The minimum Gasteiger partial charge on any atom is -0.350 e. The van der Waals surface area contributed by atoms with Gasteiger partial charge >= 0.3 is 0 Å². The van der Waals surface area contributed by atoms with Crippen LogP contribution in [0, 0.1) is 13.8 Å². The van der Waals surface area contributed by atoms with Gasteiger partial charge in [0.2, 0.25) is 0 Å². The number of carbonyl (C=O) groups excluding carboxylic acids is 1. The van der Waals surface area contributed by atoms with Crippen LogP contribution in [0.5, 0.6) is 0 Å². The summed E-state index contributed by atoms with van der Waals surface area (Å²) in [6, 6.07) is 5.32.